The van der Waals surface area contributed by atoms with Gasteiger partial charge in [0.2, 0.25) is 5.91 Å². The summed E-state index contributed by atoms with van der Waals surface area (Å²) >= 11 is 1.28. The maximum Gasteiger partial charge on any atom is 0.271 e. The van der Waals surface area contributed by atoms with E-state index in [9.17, 15) is 19.7 Å². The van der Waals surface area contributed by atoms with E-state index in [1.807, 2.05) is 0 Å². The van der Waals surface area contributed by atoms with E-state index in [4.69, 9.17) is 0 Å². The molecule has 1 aromatic heterocycles. The van der Waals surface area contributed by atoms with E-state index in [0.29, 0.717) is 10.6 Å². The molecule has 2 aromatic rings. The second-order valence-electron chi connectivity index (χ2n) is 4.47. The van der Waals surface area contributed by atoms with Crippen LogP contribution in [0.15, 0.2) is 41.8 Å². The zero-order chi connectivity index (χ0) is 16.1. The molecule has 0 aliphatic carbocycles. The molecule has 0 saturated carbocycles. The number of nitro groups is 1. The number of rotatable bonds is 5. The second kappa shape index (κ2) is 6.81. The highest BCUT2D eigenvalue weighted by molar-refractivity contribution is 7.12. The van der Waals surface area contributed by atoms with Crippen LogP contribution in [0.1, 0.15) is 16.6 Å². The fourth-order valence-corrected chi connectivity index (χ4v) is 2.32. The van der Waals surface area contributed by atoms with Crippen molar-refractivity contribution in [3.05, 3.63) is 56.8 Å². The minimum atomic E-state index is -0.770. The standard InChI is InChI=1S/C14H13N3O4S/c1-9(15-14(19)12-6-3-7-22-12)13(18)16-10-4-2-5-11(8-10)17(20)21/h2-9H,1H3,(H,15,19)(H,16,18). The first-order valence-corrected chi connectivity index (χ1v) is 7.25. The minimum Gasteiger partial charge on any atom is -0.340 e. The van der Waals surface area contributed by atoms with E-state index in [1.54, 1.807) is 23.6 Å². The Kier molecular flexibility index (Phi) is 4.84. The second-order valence-corrected chi connectivity index (χ2v) is 5.42. The van der Waals surface area contributed by atoms with Crippen molar-refractivity contribution in [2.45, 2.75) is 13.0 Å². The first kappa shape index (κ1) is 15.6. The van der Waals surface area contributed by atoms with Crippen molar-refractivity contribution in [2.75, 3.05) is 5.32 Å². The first-order chi connectivity index (χ1) is 10.5. The molecule has 2 amide bonds. The van der Waals surface area contributed by atoms with E-state index in [-0.39, 0.29) is 11.6 Å². The Morgan fingerprint density at radius 2 is 2.05 bits per heavy atom. The molecule has 1 aromatic carbocycles. The lowest BCUT2D eigenvalue weighted by Gasteiger charge is -2.13. The predicted molar refractivity (Wildman–Crippen MR) is 83.0 cm³/mol. The van der Waals surface area contributed by atoms with Crippen LogP contribution in [-0.4, -0.2) is 22.8 Å². The van der Waals surface area contributed by atoms with Gasteiger partial charge in [-0.05, 0) is 24.4 Å². The molecule has 2 N–H and O–H groups in total. The monoisotopic (exact) mass is 319 g/mol. The molecule has 0 fully saturated rings. The number of amides is 2. The molecule has 0 bridgehead atoms. The molecule has 22 heavy (non-hydrogen) atoms. The van der Waals surface area contributed by atoms with E-state index < -0.39 is 16.9 Å². The van der Waals surface area contributed by atoms with Crippen LogP contribution < -0.4 is 10.6 Å². The highest BCUT2D eigenvalue weighted by Gasteiger charge is 2.18. The summed E-state index contributed by atoms with van der Waals surface area (Å²) in [6, 6.07) is 8.23. The third-order valence-electron chi connectivity index (χ3n) is 2.81. The van der Waals surface area contributed by atoms with Gasteiger partial charge in [0, 0.05) is 17.8 Å². The lowest BCUT2D eigenvalue weighted by Crippen LogP contribution is -2.41. The fraction of sp³-hybridized carbons (Fsp3) is 0.143. The van der Waals surface area contributed by atoms with Gasteiger partial charge in [-0.2, -0.15) is 0 Å². The predicted octanol–water partition coefficient (Wildman–Crippen LogP) is 2.41. The first-order valence-electron chi connectivity index (χ1n) is 6.37. The molecule has 8 heteroatoms. The van der Waals surface area contributed by atoms with Crippen molar-refractivity contribution in [1.29, 1.82) is 0 Å². The summed E-state index contributed by atoms with van der Waals surface area (Å²) in [7, 11) is 0. The molecule has 114 valence electrons. The molecule has 2 rings (SSSR count). The van der Waals surface area contributed by atoms with Gasteiger partial charge in [-0.3, -0.25) is 19.7 Å². The lowest BCUT2D eigenvalue weighted by molar-refractivity contribution is -0.384. The highest BCUT2D eigenvalue weighted by atomic mass is 32.1. The topological polar surface area (TPSA) is 101 Å². The number of benzene rings is 1. The largest absolute Gasteiger partial charge is 0.340 e. The molecule has 7 nitrogen and oxygen atoms in total. The zero-order valence-electron chi connectivity index (χ0n) is 11.6. The zero-order valence-corrected chi connectivity index (χ0v) is 12.4. The molecule has 1 heterocycles. The quantitative estimate of drug-likeness (QED) is 0.652. The van der Waals surface area contributed by atoms with Crippen LogP contribution in [0, 0.1) is 10.1 Å². The van der Waals surface area contributed by atoms with E-state index in [1.165, 1.54) is 36.5 Å². The Morgan fingerprint density at radius 1 is 1.27 bits per heavy atom. The van der Waals surface area contributed by atoms with Crippen molar-refractivity contribution < 1.29 is 14.5 Å². The van der Waals surface area contributed by atoms with Crippen LogP contribution >= 0.6 is 11.3 Å². The normalized spacial score (nSPS) is 11.5. The summed E-state index contributed by atoms with van der Waals surface area (Å²) < 4.78 is 0. The van der Waals surface area contributed by atoms with E-state index in [2.05, 4.69) is 10.6 Å². The Morgan fingerprint density at radius 3 is 2.68 bits per heavy atom. The summed E-state index contributed by atoms with van der Waals surface area (Å²) in [5, 5.41) is 17.6. The number of thiophene rings is 1. The number of carbonyl (C=O) groups is 2. The maximum atomic E-state index is 12.0. The van der Waals surface area contributed by atoms with Gasteiger partial charge in [0.15, 0.2) is 0 Å². The van der Waals surface area contributed by atoms with Gasteiger partial charge < -0.3 is 10.6 Å². The third kappa shape index (κ3) is 3.89. The van der Waals surface area contributed by atoms with Crippen LogP contribution in [0.25, 0.3) is 0 Å². The number of anilines is 1. The fourth-order valence-electron chi connectivity index (χ4n) is 1.69. The lowest BCUT2D eigenvalue weighted by atomic mass is 10.2. The summed E-state index contributed by atoms with van der Waals surface area (Å²) in [4.78, 5) is 34.5. The Bertz CT molecular complexity index is 700. The maximum absolute atomic E-state index is 12.0. The molecule has 0 aliphatic heterocycles. The number of hydrogen-bond acceptors (Lipinski definition) is 5. The number of nitrogens with one attached hydrogen (secondary N) is 2. The molecule has 0 radical (unpaired) electrons. The molecule has 0 spiro atoms. The number of carbonyl (C=O) groups excluding carboxylic acids is 2. The van der Waals surface area contributed by atoms with E-state index >= 15 is 0 Å². The van der Waals surface area contributed by atoms with E-state index in [0.717, 1.165) is 0 Å². The van der Waals surface area contributed by atoms with Gasteiger partial charge in [-0.1, -0.05) is 12.1 Å². The smallest absolute Gasteiger partial charge is 0.271 e. The third-order valence-corrected chi connectivity index (χ3v) is 3.68. The Hall–Kier alpha value is -2.74. The molecule has 1 unspecified atom stereocenters. The van der Waals surface area contributed by atoms with Crippen LogP contribution in [0.3, 0.4) is 0 Å². The molecular formula is C14H13N3O4S. The Labute approximate surface area is 130 Å². The number of hydrogen-bond donors (Lipinski definition) is 2. The Balaban J connectivity index is 1.98. The van der Waals surface area contributed by atoms with Crippen LogP contribution in [0.5, 0.6) is 0 Å². The SMILES string of the molecule is CC(NC(=O)c1cccs1)C(=O)Nc1cccc([N+](=O)[O-])c1. The van der Waals surface area contributed by atoms with Crippen molar-refractivity contribution >= 4 is 34.5 Å². The number of non-ortho nitro benzene ring substituents is 1. The van der Waals surface area contributed by atoms with Gasteiger partial charge in [0.1, 0.15) is 6.04 Å². The molecule has 0 saturated heterocycles. The van der Waals surface area contributed by atoms with Crippen molar-refractivity contribution in [2.24, 2.45) is 0 Å². The number of nitrogens with zero attached hydrogens (tertiary/aromatic N) is 1. The summed E-state index contributed by atoms with van der Waals surface area (Å²) in [5.41, 5.74) is 0.185. The van der Waals surface area contributed by atoms with Crippen molar-refractivity contribution in [1.82, 2.24) is 5.32 Å². The van der Waals surface area contributed by atoms with Crippen molar-refractivity contribution in [3.8, 4) is 0 Å². The summed E-state index contributed by atoms with van der Waals surface area (Å²) in [5.74, 6) is -0.790. The summed E-state index contributed by atoms with van der Waals surface area (Å²) in [6.45, 7) is 1.54. The van der Waals surface area contributed by atoms with Crippen molar-refractivity contribution in [3.63, 3.8) is 0 Å². The minimum absolute atomic E-state index is 0.118. The van der Waals surface area contributed by atoms with Crippen LogP contribution in [0.4, 0.5) is 11.4 Å². The van der Waals surface area contributed by atoms with Crippen LogP contribution in [0.2, 0.25) is 0 Å². The van der Waals surface area contributed by atoms with Crippen LogP contribution in [-0.2, 0) is 4.79 Å². The molecule has 1 atom stereocenters. The van der Waals surface area contributed by atoms with Gasteiger partial charge in [-0.25, -0.2) is 0 Å². The highest BCUT2D eigenvalue weighted by Crippen LogP contribution is 2.17. The summed E-state index contributed by atoms with van der Waals surface area (Å²) in [6.07, 6.45) is 0. The van der Waals surface area contributed by atoms with Gasteiger partial charge in [0.25, 0.3) is 11.6 Å². The van der Waals surface area contributed by atoms with Gasteiger partial charge in [0.05, 0.1) is 9.80 Å². The van der Waals surface area contributed by atoms with Gasteiger partial charge in [-0.15, -0.1) is 11.3 Å². The average molecular weight is 319 g/mol. The van der Waals surface area contributed by atoms with Gasteiger partial charge >= 0.3 is 0 Å². The molecular weight excluding hydrogens is 306 g/mol. The molecule has 0 aliphatic rings. The average Bonchev–Trinajstić information content (AvgIpc) is 3.01. The number of nitro benzene ring substituents is 1.